The Morgan fingerprint density at radius 3 is 2.13 bits per heavy atom. The summed E-state index contributed by atoms with van der Waals surface area (Å²) in [7, 11) is 0. The predicted octanol–water partition coefficient (Wildman–Crippen LogP) is 4.05. The maximum atomic E-state index is 12.9. The lowest BCUT2D eigenvalue weighted by molar-refractivity contribution is -0.149. The van der Waals surface area contributed by atoms with Gasteiger partial charge >= 0.3 is 5.97 Å². The highest BCUT2D eigenvalue weighted by molar-refractivity contribution is 7.12. The number of thiophene rings is 1. The molecule has 9 heteroatoms. The molecule has 1 aliphatic rings. The van der Waals surface area contributed by atoms with Gasteiger partial charge in [0.1, 0.15) is 6.04 Å². The van der Waals surface area contributed by atoms with E-state index in [9.17, 15) is 24.0 Å². The maximum absolute atomic E-state index is 12.9. The lowest BCUT2D eigenvalue weighted by atomic mass is 9.84. The molecule has 0 bridgehead atoms. The first kappa shape index (κ1) is 25.7. The van der Waals surface area contributed by atoms with Crippen LogP contribution in [0.3, 0.4) is 0 Å². The molecule has 8 nitrogen and oxygen atoms in total. The topological polar surface area (TPSA) is 119 Å². The van der Waals surface area contributed by atoms with Crippen LogP contribution in [0, 0.1) is 0 Å². The number of carbonyl (C=O) groups excluding carboxylic acids is 5. The smallest absolute Gasteiger partial charge is 0.329 e. The van der Waals surface area contributed by atoms with Crippen molar-refractivity contribution in [3.63, 3.8) is 0 Å². The van der Waals surface area contributed by atoms with E-state index in [2.05, 4.69) is 10.6 Å². The standard InChI is InChI=1S/C30H22N2O6S/c33-26(31-19-12-13-22-23(16-19)28(35)21-10-5-4-9-20(21)27(22)34)17-38-30(37)24(15-18-7-2-1-3-8-18)32-29(36)25-11-6-14-39-25/h1-14,16,24H,15,17H2,(H,31,33)(H,32,36)/t24-/m0/s1. The molecule has 1 heterocycles. The first-order valence-corrected chi connectivity index (χ1v) is 13.0. The second kappa shape index (κ2) is 11.2. The molecule has 194 valence electrons. The molecule has 0 saturated carbocycles. The normalized spacial score (nSPS) is 12.6. The van der Waals surface area contributed by atoms with Gasteiger partial charge in [-0.2, -0.15) is 0 Å². The summed E-state index contributed by atoms with van der Waals surface area (Å²) >= 11 is 1.24. The highest BCUT2D eigenvalue weighted by Gasteiger charge is 2.30. The number of hydrogen-bond acceptors (Lipinski definition) is 7. The van der Waals surface area contributed by atoms with Crippen molar-refractivity contribution in [3.05, 3.63) is 123 Å². The molecule has 5 rings (SSSR count). The minimum absolute atomic E-state index is 0.181. The molecule has 4 aromatic rings. The van der Waals surface area contributed by atoms with E-state index in [1.54, 1.807) is 41.8 Å². The summed E-state index contributed by atoms with van der Waals surface area (Å²) in [5.41, 5.74) is 2.19. The number of ether oxygens (including phenoxy) is 1. The Balaban J connectivity index is 1.24. The fourth-order valence-corrected chi connectivity index (χ4v) is 4.92. The number of ketones is 2. The molecular weight excluding hydrogens is 516 g/mol. The first-order valence-electron chi connectivity index (χ1n) is 12.1. The van der Waals surface area contributed by atoms with Crippen LogP contribution in [-0.4, -0.2) is 42.0 Å². The number of nitrogens with one attached hydrogen (secondary N) is 2. The van der Waals surface area contributed by atoms with E-state index in [1.807, 2.05) is 30.3 Å². The summed E-state index contributed by atoms with van der Waals surface area (Å²) < 4.78 is 5.24. The van der Waals surface area contributed by atoms with Gasteiger partial charge in [0.2, 0.25) is 0 Å². The van der Waals surface area contributed by atoms with E-state index in [1.165, 1.54) is 29.5 Å². The number of benzene rings is 3. The number of rotatable bonds is 8. The van der Waals surface area contributed by atoms with Crippen molar-refractivity contribution in [3.8, 4) is 0 Å². The lowest BCUT2D eigenvalue weighted by Crippen LogP contribution is -2.43. The predicted molar refractivity (Wildman–Crippen MR) is 145 cm³/mol. The molecule has 1 aliphatic carbocycles. The van der Waals surface area contributed by atoms with Crippen LogP contribution in [0.5, 0.6) is 0 Å². The molecule has 2 N–H and O–H groups in total. The Morgan fingerprint density at radius 2 is 1.44 bits per heavy atom. The molecule has 0 spiro atoms. The molecule has 0 radical (unpaired) electrons. The van der Waals surface area contributed by atoms with Gasteiger partial charge in [-0.1, -0.05) is 60.7 Å². The maximum Gasteiger partial charge on any atom is 0.329 e. The van der Waals surface area contributed by atoms with Crippen LogP contribution in [0.4, 0.5) is 5.69 Å². The van der Waals surface area contributed by atoms with Crippen LogP contribution >= 0.6 is 11.3 Å². The third-order valence-corrected chi connectivity index (χ3v) is 7.04. The zero-order valence-corrected chi connectivity index (χ0v) is 21.3. The summed E-state index contributed by atoms with van der Waals surface area (Å²) in [6.45, 7) is -0.605. The van der Waals surface area contributed by atoms with E-state index in [0.717, 1.165) is 5.56 Å². The summed E-state index contributed by atoms with van der Waals surface area (Å²) in [5.74, 6) is -2.39. The lowest BCUT2D eigenvalue weighted by Gasteiger charge is -2.19. The van der Waals surface area contributed by atoms with E-state index < -0.39 is 30.4 Å². The average molecular weight is 539 g/mol. The van der Waals surface area contributed by atoms with Gasteiger partial charge in [-0.25, -0.2) is 4.79 Å². The van der Waals surface area contributed by atoms with Gasteiger partial charge in [-0.15, -0.1) is 11.3 Å². The van der Waals surface area contributed by atoms with Crippen molar-refractivity contribution >= 4 is 46.4 Å². The SMILES string of the molecule is O=C(COC(=O)[C@H](Cc1ccccc1)NC(=O)c1cccs1)Nc1ccc2c(c1)C(=O)c1ccccc1C2=O. The third-order valence-electron chi connectivity index (χ3n) is 6.17. The van der Waals surface area contributed by atoms with Crippen LogP contribution in [0.1, 0.15) is 47.1 Å². The molecule has 3 aromatic carbocycles. The number of fused-ring (bicyclic) bond motifs is 2. The van der Waals surface area contributed by atoms with E-state index >= 15 is 0 Å². The van der Waals surface area contributed by atoms with Crippen molar-refractivity contribution < 1.29 is 28.7 Å². The zero-order chi connectivity index (χ0) is 27.4. The summed E-state index contributed by atoms with van der Waals surface area (Å²) in [6.07, 6.45) is 0.181. The Bertz CT molecular complexity index is 1580. The monoisotopic (exact) mass is 538 g/mol. The molecule has 1 aromatic heterocycles. The van der Waals surface area contributed by atoms with Crippen LogP contribution in [0.2, 0.25) is 0 Å². The Labute approximate surface area is 227 Å². The fourth-order valence-electron chi connectivity index (χ4n) is 4.29. The number of esters is 1. The highest BCUT2D eigenvalue weighted by Crippen LogP contribution is 2.29. The summed E-state index contributed by atoms with van der Waals surface area (Å²) in [6, 6.07) is 22.5. The highest BCUT2D eigenvalue weighted by atomic mass is 32.1. The molecule has 2 amide bonds. The van der Waals surface area contributed by atoms with Gasteiger partial charge in [-0.05, 0) is 35.2 Å². The van der Waals surface area contributed by atoms with Crippen LogP contribution in [0.15, 0.2) is 90.3 Å². The molecule has 0 unspecified atom stereocenters. The van der Waals surface area contributed by atoms with Crippen molar-refractivity contribution in [1.29, 1.82) is 0 Å². The minimum atomic E-state index is -1.01. The molecule has 0 saturated heterocycles. The zero-order valence-electron chi connectivity index (χ0n) is 20.5. The van der Waals surface area contributed by atoms with Gasteiger partial charge in [0, 0.05) is 34.4 Å². The number of amides is 2. The quantitative estimate of drug-likeness (QED) is 0.288. The van der Waals surface area contributed by atoms with Gasteiger partial charge in [-0.3, -0.25) is 19.2 Å². The summed E-state index contributed by atoms with van der Waals surface area (Å²) in [4.78, 5) is 64.3. The second-order valence-corrected chi connectivity index (χ2v) is 9.76. The minimum Gasteiger partial charge on any atom is -0.454 e. The Morgan fingerprint density at radius 1 is 0.769 bits per heavy atom. The van der Waals surface area contributed by atoms with Crippen molar-refractivity contribution in [1.82, 2.24) is 5.32 Å². The van der Waals surface area contributed by atoms with Gasteiger partial charge in [0.25, 0.3) is 11.8 Å². The number of anilines is 1. The molecule has 39 heavy (non-hydrogen) atoms. The molecule has 0 aliphatic heterocycles. The number of carbonyl (C=O) groups is 5. The molecule has 1 atom stereocenters. The first-order chi connectivity index (χ1) is 18.9. The van der Waals surface area contributed by atoms with Crippen molar-refractivity contribution in [2.75, 3.05) is 11.9 Å². The van der Waals surface area contributed by atoms with Crippen molar-refractivity contribution in [2.24, 2.45) is 0 Å². The molecular formula is C30H22N2O6S. The van der Waals surface area contributed by atoms with Gasteiger partial charge < -0.3 is 15.4 Å². The van der Waals surface area contributed by atoms with Crippen molar-refractivity contribution in [2.45, 2.75) is 12.5 Å². The van der Waals surface area contributed by atoms with Crippen LogP contribution in [0.25, 0.3) is 0 Å². The van der Waals surface area contributed by atoms with E-state index in [-0.39, 0.29) is 34.8 Å². The van der Waals surface area contributed by atoms with Gasteiger partial charge in [0.15, 0.2) is 18.2 Å². The largest absolute Gasteiger partial charge is 0.454 e. The van der Waals surface area contributed by atoms with E-state index in [0.29, 0.717) is 16.0 Å². The fraction of sp³-hybridized carbons (Fsp3) is 0.100. The molecule has 0 fully saturated rings. The average Bonchev–Trinajstić information content (AvgIpc) is 3.50. The third kappa shape index (κ3) is 5.68. The second-order valence-electron chi connectivity index (χ2n) is 8.81. The van der Waals surface area contributed by atoms with Crippen LogP contribution in [-0.2, 0) is 20.7 Å². The van der Waals surface area contributed by atoms with Crippen LogP contribution < -0.4 is 10.6 Å². The Kier molecular flexibility index (Phi) is 7.42. The van der Waals surface area contributed by atoms with E-state index in [4.69, 9.17) is 4.74 Å². The number of hydrogen-bond donors (Lipinski definition) is 2. The Hall–Kier alpha value is -4.89. The van der Waals surface area contributed by atoms with Gasteiger partial charge in [0.05, 0.1) is 4.88 Å². The summed E-state index contributed by atoms with van der Waals surface area (Å²) in [5, 5.41) is 7.04.